The normalized spacial score (nSPS) is 16.1. The van der Waals surface area contributed by atoms with E-state index in [2.05, 4.69) is 0 Å². The fraction of sp³-hybridized carbons (Fsp3) is 1.00. The molecule has 1 unspecified atom stereocenters. The van der Waals surface area contributed by atoms with Crippen LogP contribution in [-0.4, -0.2) is 22.3 Å². The lowest BCUT2D eigenvalue weighted by atomic mass is 10.3. The fourth-order valence-corrected chi connectivity index (χ4v) is 0.597. The van der Waals surface area contributed by atoms with E-state index < -0.39 is 18.1 Å². The van der Waals surface area contributed by atoms with Crippen LogP contribution in [0, 0.1) is 0 Å². The molecule has 0 aromatic carbocycles. The van der Waals surface area contributed by atoms with E-state index in [9.17, 15) is 13.2 Å². The summed E-state index contributed by atoms with van der Waals surface area (Å²) < 4.78 is 35.5. The maximum Gasteiger partial charge on any atom is 0.275 e. The Kier molecular flexibility index (Phi) is 2.53. The second kappa shape index (κ2) is 2.52. The van der Waals surface area contributed by atoms with Crippen molar-refractivity contribution in [3.63, 3.8) is 0 Å². The van der Waals surface area contributed by atoms with Gasteiger partial charge in [-0.2, -0.15) is 0 Å². The molecule has 1 atom stereocenters. The minimum Gasteiger partial charge on any atom is -0.241 e. The molecule has 4 heteroatoms. The molecule has 0 aliphatic carbocycles. The van der Waals surface area contributed by atoms with Crippen molar-refractivity contribution in [2.24, 2.45) is 0 Å². The topological polar surface area (TPSA) is 0 Å². The first kappa shape index (κ1) is 8.01. The van der Waals surface area contributed by atoms with Gasteiger partial charge in [-0.3, -0.25) is 0 Å². The highest BCUT2D eigenvalue weighted by atomic mass is 28.1. The van der Waals surface area contributed by atoms with Crippen LogP contribution in [0.15, 0.2) is 0 Å². The third kappa shape index (κ3) is 1.86. The summed E-state index contributed by atoms with van der Waals surface area (Å²) in [5, 5.41) is 0. The Morgan fingerprint density at radius 1 is 1.62 bits per heavy atom. The zero-order chi connectivity index (χ0) is 6.78. The minimum atomic E-state index is -3.11. The third-order valence-electron chi connectivity index (χ3n) is 0.915. The lowest BCUT2D eigenvalue weighted by molar-refractivity contribution is -0.0461. The Hall–Kier alpha value is 0.00688. The van der Waals surface area contributed by atoms with Gasteiger partial charge in [-0.25, -0.2) is 13.2 Å². The van der Waals surface area contributed by atoms with Crippen LogP contribution in [0.1, 0.15) is 6.92 Å². The maximum atomic E-state index is 11.9. The average molecular weight is 141 g/mol. The summed E-state index contributed by atoms with van der Waals surface area (Å²) >= 11 is 0. The van der Waals surface area contributed by atoms with Gasteiger partial charge in [0.15, 0.2) is 6.17 Å². The van der Waals surface area contributed by atoms with E-state index in [1.54, 1.807) is 0 Å². The molecule has 1 radical (unpaired) electrons. The molecule has 0 bridgehead atoms. The van der Waals surface area contributed by atoms with Gasteiger partial charge in [0.25, 0.3) is 5.92 Å². The first-order valence-corrected chi connectivity index (χ1v) is 3.32. The van der Waals surface area contributed by atoms with Gasteiger partial charge in [0.05, 0.1) is 0 Å². The van der Waals surface area contributed by atoms with Crippen LogP contribution in [0.2, 0.25) is 6.04 Å². The molecule has 0 aromatic rings. The zero-order valence-electron chi connectivity index (χ0n) is 4.63. The Bertz CT molecular complexity index is 71.7. The highest BCUT2D eigenvalue weighted by Gasteiger charge is 2.33. The molecule has 0 rings (SSSR count). The highest BCUT2D eigenvalue weighted by Crippen LogP contribution is 2.23. The molecular formula is C4H8F3Si. The predicted molar refractivity (Wildman–Crippen MR) is 28.9 cm³/mol. The van der Waals surface area contributed by atoms with E-state index in [1.165, 1.54) is 0 Å². The number of hydrogen-bond acceptors (Lipinski definition) is 0. The Morgan fingerprint density at radius 3 is 2.00 bits per heavy atom. The summed E-state index contributed by atoms with van der Waals surface area (Å²) in [5.41, 5.74) is 0. The van der Waals surface area contributed by atoms with E-state index in [1.807, 2.05) is 0 Å². The van der Waals surface area contributed by atoms with Crippen molar-refractivity contribution in [2.45, 2.75) is 25.1 Å². The molecular weight excluding hydrogens is 133 g/mol. The van der Waals surface area contributed by atoms with Crippen molar-refractivity contribution in [1.29, 1.82) is 0 Å². The first-order chi connectivity index (χ1) is 3.50. The molecule has 0 amide bonds. The van der Waals surface area contributed by atoms with E-state index in [-0.39, 0.29) is 0 Å². The lowest BCUT2D eigenvalue weighted by Crippen LogP contribution is -2.26. The maximum absolute atomic E-state index is 11.9. The summed E-state index contributed by atoms with van der Waals surface area (Å²) in [7, 11) is 1.08. The van der Waals surface area contributed by atoms with Crippen LogP contribution in [0.5, 0.6) is 0 Å². The smallest absolute Gasteiger partial charge is 0.241 e. The van der Waals surface area contributed by atoms with Crippen LogP contribution in [-0.2, 0) is 0 Å². The summed E-state index contributed by atoms with van der Waals surface area (Å²) in [6.07, 6.45) is -2.01. The van der Waals surface area contributed by atoms with Crippen molar-refractivity contribution < 1.29 is 13.2 Å². The monoisotopic (exact) mass is 141 g/mol. The van der Waals surface area contributed by atoms with Crippen LogP contribution in [0.25, 0.3) is 0 Å². The fourth-order valence-electron chi connectivity index (χ4n) is 0.199. The number of alkyl halides is 3. The molecule has 0 saturated carbocycles. The van der Waals surface area contributed by atoms with Gasteiger partial charge in [0.1, 0.15) is 0 Å². The van der Waals surface area contributed by atoms with Gasteiger partial charge in [0, 0.05) is 16.3 Å². The third-order valence-corrected chi connectivity index (χ3v) is 1.58. The summed E-state index contributed by atoms with van der Waals surface area (Å²) in [4.78, 5) is 0. The SMILES string of the molecule is CC(F)C(F)(F)C[SiH2]. The van der Waals surface area contributed by atoms with Gasteiger partial charge in [-0.1, -0.05) is 0 Å². The molecule has 0 aliphatic rings. The van der Waals surface area contributed by atoms with E-state index in [0.29, 0.717) is 0 Å². The van der Waals surface area contributed by atoms with Crippen LogP contribution >= 0.6 is 0 Å². The molecule has 0 spiro atoms. The van der Waals surface area contributed by atoms with Gasteiger partial charge in [-0.05, 0) is 6.92 Å². The van der Waals surface area contributed by atoms with Gasteiger partial charge in [-0.15, -0.1) is 0 Å². The lowest BCUT2D eigenvalue weighted by Gasteiger charge is -2.13. The van der Waals surface area contributed by atoms with Crippen LogP contribution < -0.4 is 0 Å². The van der Waals surface area contributed by atoms with Gasteiger partial charge < -0.3 is 0 Å². The molecule has 0 aliphatic heterocycles. The predicted octanol–water partition coefficient (Wildman–Crippen LogP) is 1.03. The van der Waals surface area contributed by atoms with Crippen molar-refractivity contribution >= 4 is 10.2 Å². The van der Waals surface area contributed by atoms with Crippen molar-refractivity contribution in [3.05, 3.63) is 0 Å². The largest absolute Gasteiger partial charge is 0.275 e. The number of rotatable bonds is 2. The number of halogens is 3. The second-order valence-electron chi connectivity index (χ2n) is 1.63. The Labute approximate surface area is 49.5 Å². The molecule has 0 heterocycles. The molecule has 8 heavy (non-hydrogen) atoms. The summed E-state index contributed by atoms with van der Waals surface area (Å²) in [5.74, 6) is -3.11. The van der Waals surface area contributed by atoms with E-state index in [4.69, 9.17) is 0 Å². The first-order valence-electron chi connectivity index (χ1n) is 2.32. The molecule has 49 valence electrons. The zero-order valence-corrected chi connectivity index (χ0v) is 6.04. The van der Waals surface area contributed by atoms with Crippen molar-refractivity contribution in [1.82, 2.24) is 0 Å². The van der Waals surface area contributed by atoms with E-state index >= 15 is 0 Å². The second-order valence-corrected chi connectivity index (χ2v) is 2.13. The highest BCUT2D eigenvalue weighted by molar-refractivity contribution is 6.09. The summed E-state index contributed by atoms with van der Waals surface area (Å²) in [6, 6.07) is -0.398. The van der Waals surface area contributed by atoms with Crippen LogP contribution in [0.4, 0.5) is 13.2 Å². The average Bonchev–Trinajstić information content (AvgIpc) is 1.67. The van der Waals surface area contributed by atoms with Crippen LogP contribution in [0.3, 0.4) is 0 Å². The minimum absolute atomic E-state index is 0.398. The van der Waals surface area contributed by atoms with Crippen molar-refractivity contribution in [2.75, 3.05) is 0 Å². The van der Waals surface area contributed by atoms with Crippen molar-refractivity contribution in [3.8, 4) is 0 Å². The van der Waals surface area contributed by atoms with Gasteiger partial charge >= 0.3 is 0 Å². The van der Waals surface area contributed by atoms with Gasteiger partial charge in [0.2, 0.25) is 0 Å². The molecule has 0 N–H and O–H groups in total. The number of hydrogen-bond donors (Lipinski definition) is 0. The standard InChI is InChI=1S/C4H8F3Si/c1-3(5)4(6,7)2-8/h3H,2,8H2,1H3. The van der Waals surface area contributed by atoms with E-state index in [0.717, 1.165) is 17.2 Å². The molecule has 0 nitrogen and oxygen atoms in total. The molecule has 0 fully saturated rings. The summed E-state index contributed by atoms with van der Waals surface area (Å²) in [6.45, 7) is 0.869. The molecule has 0 aromatic heterocycles. The molecule has 0 saturated heterocycles. The Morgan fingerprint density at radius 2 is 2.00 bits per heavy atom. The quantitative estimate of drug-likeness (QED) is 0.504. The Balaban J connectivity index is 3.71.